The first-order valence-corrected chi connectivity index (χ1v) is 8.02. The van der Waals surface area contributed by atoms with Crippen LogP contribution in [0.4, 0.5) is 0 Å². The Balaban J connectivity index is 2.90. The van der Waals surface area contributed by atoms with Crippen molar-refractivity contribution in [3.63, 3.8) is 0 Å². The van der Waals surface area contributed by atoms with E-state index in [9.17, 15) is 0 Å². The summed E-state index contributed by atoms with van der Waals surface area (Å²) < 4.78 is 0. The van der Waals surface area contributed by atoms with Gasteiger partial charge in [0.2, 0.25) is 0 Å². The van der Waals surface area contributed by atoms with Crippen LogP contribution in [0.1, 0.15) is 70.0 Å². The van der Waals surface area contributed by atoms with Gasteiger partial charge in [-0.25, -0.2) is 0 Å². The lowest BCUT2D eigenvalue weighted by atomic mass is 9.85. The molecule has 0 fully saturated rings. The number of nitrogens with one attached hydrogen (secondary N) is 1. The van der Waals surface area contributed by atoms with Gasteiger partial charge in [-0.15, -0.1) is 0 Å². The summed E-state index contributed by atoms with van der Waals surface area (Å²) in [4.78, 5) is 0. The van der Waals surface area contributed by atoms with Crippen LogP contribution in [0.25, 0.3) is 0 Å². The Hall–Kier alpha value is -0.820. The zero-order chi connectivity index (χ0) is 14.1. The van der Waals surface area contributed by atoms with Crippen molar-refractivity contribution in [2.24, 2.45) is 5.92 Å². The fourth-order valence-corrected chi connectivity index (χ4v) is 2.94. The van der Waals surface area contributed by atoms with Gasteiger partial charge in [-0.3, -0.25) is 0 Å². The van der Waals surface area contributed by atoms with E-state index in [1.807, 2.05) is 0 Å². The summed E-state index contributed by atoms with van der Waals surface area (Å²) in [6.07, 6.45) is 6.40. The first-order valence-electron chi connectivity index (χ1n) is 8.02. The first kappa shape index (κ1) is 16.2. The number of hydrogen-bond donors (Lipinski definition) is 1. The first-order chi connectivity index (χ1) is 9.22. The molecular weight excluding hydrogens is 230 g/mol. The molecule has 0 aliphatic carbocycles. The summed E-state index contributed by atoms with van der Waals surface area (Å²) in [5.41, 5.74) is 2.84. The van der Waals surface area contributed by atoms with Crippen LogP contribution in [-0.4, -0.2) is 6.54 Å². The fourth-order valence-electron chi connectivity index (χ4n) is 2.94. The Kier molecular flexibility index (Phi) is 7.81. The quantitative estimate of drug-likeness (QED) is 0.640. The van der Waals surface area contributed by atoms with Gasteiger partial charge in [-0.1, -0.05) is 63.4 Å². The van der Waals surface area contributed by atoms with Gasteiger partial charge in [-0.05, 0) is 44.2 Å². The number of rotatable bonds is 9. The van der Waals surface area contributed by atoms with Crippen molar-refractivity contribution in [1.82, 2.24) is 5.32 Å². The van der Waals surface area contributed by atoms with Gasteiger partial charge in [0.25, 0.3) is 0 Å². The van der Waals surface area contributed by atoms with Crippen molar-refractivity contribution < 1.29 is 0 Å². The number of aryl methyl sites for hydroxylation is 1. The molecule has 1 N–H and O–H groups in total. The lowest BCUT2D eigenvalue weighted by Gasteiger charge is -2.28. The maximum Gasteiger partial charge on any atom is 0.0348 e. The third-order valence-electron chi connectivity index (χ3n) is 3.81. The Labute approximate surface area is 119 Å². The van der Waals surface area contributed by atoms with Gasteiger partial charge < -0.3 is 5.32 Å². The molecule has 1 aromatic carbocycles. The van der Waals surface area contributed by atoms with Crippen molar-refractivity contribution in [3.05, 3.63) is 35.4 Å². The zero-order valence-corrected chi connectivity index (χ0v) is 13.2. The minimum atomic E-state index is 0.528. The van der Waals surface area contributed by atoms with Crippen LogP contribution < -0.4 is 5.32 Å². The van der Waals surface area contributed by atoms with Crippen molar-refractivity contribution in [2.75, 3.05) is 6.54 Å². The Morgan fingerprint density at radius 3 is 2.21 bits per heavy atom. The average Bonchev–Trinajstić information content (AvgIpc) is 2.40. The average molecular weight is 261 g/mol. The van der Waals surface area contributed by atoms with Gasteiger partial charge in [0.15, 0.2) is 0 Å². The van der Waals surface area contributed by atoms with E-state index in [2.05, 4.69) is 57.3 Å². The fraction of sp³-hybridized carbons (Fsp3) is 0.667. The molecule has 0 amide bonds. The van der Waals surface area contributed by atoms with Crippen LogP contribution >= 0.6 is 0 Å². The van der Waals surface area contributed by atoms with E-state index in [1.54, 1.807) is 0 Å². The van der Waals surface area contributed by atoms with Gasteiger partial charge in [0.1, 0.15) is 0 Å². The summed E-state index contributed by atoms with van der Waals surface area (Å²) in [6.45, 7) is 10.2. The highest BCUT2D eigenvalue weighted by atomic mass is 14.9. The second kappa shape index (κ2) is 9.14. The van der Waals surface area contributed by atoms with E-state index >= 15 is 0 Å². The van der Waals surface area contributed by atoms with Crippen LogP contribution in [0.2, 0.25) is 0 Å². The molecule has 0 saturated heterocycles. The molecule has 1 nitrogen and oxygen atoms in total. The van der Waals surface area contributed by atoms with E-state index in [0.717, 1.165) is 12.5 Å². The van der Waals surface area contributed by atoms with Crippen LogP contribution in [-0.2, 0) is 0 Å². The van der Waals surface area contributed by atoms with E-state index in [1.165, 1.54) is 43.2 Å². The highest BCUT2D eigenvalue weighted by Crippen LogP contribution is 2.30. The van der Waals surface area contributed by atoms with Crippen molar-refractivity contribution in [1.29, 1.82) is 0 Å². The molecule has 1 unspecified atom stereocenters. The van der Waals surface area contributed by atoms with E-state index in [4.69, 9.17) is 0 Å². The molecule has 0 heterocycles. The second-order valence-electron chi connectivity index (χ2n) is 5.68. The molecule has 0 saturated carbocycles. The molecule has 0 aromatic heterocycles. The molecular formula is C18H31N. The molecule has 108 valence electrons. The Bertz CT molecular complexity index is 339. The Morgan fingerprint density at radius 2 is 1.68 bits per heavy atom. The molecule has 1 heteroatoms. The van der Waals surface area contributed by atoms with Crippen LogP contribution in [0.5, 0.6) is 0 Å². The molecule has 0 aliphatic rings. The predicted molar refractivity (Wildman–Crippen MR) is 85.5 cm³/mol. The van der Waals surface area contributed by atoms with Gasteiger partial charge in [0, 0.05) is 6.04 Å². The lowest BCUT2D eigenvalue weighted by Crippen LogP contribution is -2.29. The molecule has 1 rings (SSSR count). The lowest BCUT2D eigenvalue weighted by molar-refractivity contribution is 0.316. The van der Waals surface area contributed by atoms with E-state index in [-0.39, 0.29) is 0 Å². The van der Waals surface area contributed by atoms with E-state index < -0.39 is 0 Å². The molecule has 0 spiro atoms. The molecule has 1 aromatic rings. The molecule has 0 radical (unpaired) electrons. The van der Waals surface area contributed by atoms with Gasteiger partial charge >= 0.3 is 0 Å². The molecule has 0 aliphatic heterocycles. The summed E-state index contributed by atoms with van der Waals surface area (Å²) in [5.74, 6) is 0.767. The maximum atomic E-state index is 3.78. The normalized spacial score (nSPS) is 12.9. The SMILES string of the molecule is CCCNC(c1cccc(C)c1)C(CCC)CCC. The third kappa shape index (κ3) is 5.36. The minimum Gasteiger partial charge on any atom is -0.310 e. The summed E-state index contributed by atoms with van der Waals surface area (Å²) >= 11 is 0. The van der Waals surface area contributed by atoms with Crippen molar-refractivity contribution in [3.8, 4) is 0 Å². The monoisotopic (exact) mass is 261 g/mol. The van der Waals surface area contributed by atoms with E-state index in [0.29, 0.717) is 6.04 Å². The second-order valence-corrected chi connectivity index (χ2v) is 5.68. The smallest absolute Gasteiger partial charge is 0.0348 e. The molecule has 0 bridgehead atoms. The standard InChI is InChI=1S/C18H31N/c1-5-9-16(10-6-2)18(19-13-7-3)17-12-8-11-15(4)14-17/h8,11-12,14,16,18-19H,5-7,9-10,13H2,1-4H3. The third-order valence-corrected chi connectivity index (χ3v) is 3.81. The summed E-state index contributed by atoms with van der Waals surface area (Å²) in [6, 6.07) is 9.55. The maximum absolute atomic E-state index is 3.78. The van der Waals surface area contributed by atoms with Crippen LogP contribution in [0.3, 0.4) is 0 Å². The minimum absolute atomic E-state index is 0.528. The van der Waals surface area contributed by atoms with Gasteiger partial charge in [0.05, 0.1) is 0 Å². The number of benzene rings is 1. The highest BCUT2D eigenvalue weighted by Gasteiger charge is 2.21. The largest absolute Gasteiger partial charge is 0.310 e. The van der Waals surface area contributed by atoms with Crippen LogP contribution in [0.15, 0.2) is 24.3 Å². The topological polar surface area (TPSA) is 12.0 Å². The Morgan fingerprint density at radius 1 is 1.00 bits per heavy atom. The summed E-state index contributed by atoms with van der Waals surface area (Å²) in [5, 5.41) is 3.78. The summed E-state index contributed by atoms with van der Waals surface area (Å²) in [7, 11) is 0. The van der Waals surface area contributed by atoms with Gasteiger partial charge in [-0.2, -0.15) is 0 Å². The molecule has 1 atom stereocenters. The predicted octanol–water partition coefficient (Wildman–Crippen LogP) is 5.25. The molecule has 19 heavy (non-hydrogen) atoms. The highest BCUT2D eigenvalue weighted by molar-refractivity contribution is 5.25. The zero-order valence-electron chi connectivity index (χ0n) is 13.2. The van der Waals surface area contributed by atoms with Crippen molar-refractivity contribution in [2.45, 2.75) is 65.8 Å². The number of hydrogen-bond acceptors (Lipinski definition) is 1. The van der Waals surface area contributed by atoms with Crippen molar-refractivity contribution >= 4 is 0 Å². The van der Waals surface area contributed by atoms with Crippen LogP contribution in [0, 0.1) is 12.8 Å².